The van der Waals surface area contributed by atoms with Crippen molar-refractivity contribution in [3.05, 3.63) is 6.33 Å². The number of hydrogen-bond acceptors (Lipinski definition) is 5. The molecule has 1 heterocycles. The molecule has 0 atom stereocenters. The largest absolute Gasteiger partial charge is 0.479 e. The van der Waals surface area contributed by atoms with Gasteiger partial charge >= 0.3 is 0 Å². The molecule has 3 N–H and O–H groups in total. The lowest BCUT2D eigenvalue weighted by atomic mass is 10.3. The van der Waals surface area contributed by atoms with Crippen molar-refractivity contribution in [1.82, 2.24) is 9.97 Å². The summed E-state index contributed by atoms with van der Waals surface area (Å²) in [5, 5.41) is 3.13. The minimum atomic E-state index is 0.416. The maximum absolute atomic E-state index is 5.76. The Labute approximate surface area is 83.7 Å². The van der Waals surface area contributed by atoms with Crippen LogP contribution in [0.5, 0.6) is 5.88 Å². The third-order valence-corrected chi connectivity index (χ3v) is 1.86. The summed E-state index contributed by atoms with van der Waals surface area (Å²) in [6.07, 6.45) is 3.66. The Kier molecular flexibility index (Phi) is 3.97. The summed E-state index contributed by atoms with van der Waals surface area (Å²) < 4.78 is 4.98. The van der Waals surface area contributed by atoms with E-state index in [4.69, 9.17) is 10.5 Å². The summed E-state index contributed by atoms with van der Waals surface area (Å²) in [5.41, 5.74) is 6.23. The van der Waals surface area contributed by atoms with Crippen LogP contribution in [0.15, 0.2) is 6.33 Å². The highest BCUT2D eigenvalue weighted by Crippen LogP contribution is 2.23. The molecule has 5 heteroatoms. The number of aromatic nitrogens is 2. The van der Waals surface area contributed by atoms with E-state index in [0.717, 1.165) is 19.4 Å². The topological polar surface area (TPSA) is 73.1 Å². The molecule has 0 radical (unpaired) electrons. The maximum atomic E-state index is 5.76. The third kappa shape index (κ3) is 2.48. The van der Waals surface area contributed by atoms with E-state index in [2.05, 4.69) is 22.2 Å². The number of nitrogen functional groups attached to an aromatic ring is 1. The van der Waals surface area contributed by atoms with E-state index in [9.17, 15) is 0 Å². The van der Waals surface area contributed by atoms with Gasteiger partial charge in [0.2, 0.25) is 5.88 Å². The number of rotatable bonds is 5. The fourth-order valence-corrected chi connectivity index (χ4v) is 1.07. The molecule has 1 aromatic heterocycles. The highest BCUT2D eigenvalue weighted by atomic mass is 16.5. The Bertz CT molecular complexity index is 290. The number of unbranched alkanes of at least 4 members (excludes halogenated alkanes) is 1. The van der Waals surface area contributed by atoms with E-state index in [0.29, 0.717) is 17.4 Å². The first-order chi connectivity index (χ1) is 6.79. The van der Waals surface area contributed by atoms with Gasteiger partial charge in [-0.05, 0) is 6.42 Å². The Balaban J connectivity index is 2.66. The molecule has 0 aliphatic heterocycles. The minimum Gasteiger partial charge on any atom is -0.479 e. The molecule has 5 nitrogen and oxygen atoms in total. The first-order valence-electron chi connectivity index (χ1n) is 4.68. The van der Waals surface area contributed by atoms with Gasteiger partial charge in [0, 0.05) is 6.54 Å². The van der Waals surface area contributed by atoms with Crippen molar-refractivity contribution >= 4 is 11.5 Å². The fourth-order valence-electron chi connectivity index (χ4n) is 1.07. The molecule has 1 aromatic rings. The molecule has 0 aliphatic carbocycles. The van der Waals surface area contributed by atoms with Crippen LogP contribution in [0, 0.1) is 0 Å². The van der Waals surface area contributed by atoms with Crippen LogP contribution in [-0.4, -0.2) is 23.6 Å². The molecule has 0 bridgehead atoms. The van der Waals surface area contributed by atoms with Crippen molar-refractivity contribution in [1.29, 1.82) is 0 Å². The molecule has 14 heavy (non-hydrogen) atoms. The second-order valence-electron chi connectivity index (χ2n) is 2.93. The lowest BCUT2D eigenvalue weighted by Crippen LogP contribution is -2.07. The predicted octanol–water partition coefficient (Wildman–Crippen LogP) is 1.28. The molecular formula is C9H16N4O. The first-order valence-corrected chi connectivity index (χ1v) is 4.68. The zero-order valence-corrected chi connectivity index (χ0v) is 8.58. The average Bonchev–Trinajstić information content (AvgIpc) is 2.21. The second kappa shape index (κ2) is 5.26. The number of ether oxygens (including phenoxy) is 1. The summed E-state index contributed by atoms with van der Waals surface area (Å²) in [7, 11) is 1.54. The summed E-state index contributed by atoms with van der Waals surface area (Å²) in [5.74, 6) is 1.06. The fraction of sp³-hybridized carbons (Fsp3) is 0.556. The van der Waals surface area contributed by atoms with E-state index < -0.39 is 0 Å². The van der Waals surface area contributed by atoms with E-state index in [1.807, 2.05) is 0 Å². The standard InChI is InChI=1S/C9H16N4O/c1-3-4-5-11-8-7(10)9(14-2)13-6-12-8/h6H,3-5,10H2,1-2H3,(H,11,12,13). The van der Waals surface area contributed by atoms with Gasteiger partial charge in [-0.1, -0.05) is 13.3 Å². The van der Waals surface area contributed by atoms with E-state index in [-0.39, 0.29) is 0 Å². The van der Waals surface area contributed by atoms with E-state index >= 15 is 0 Å². The Morgan fingerprint density at radius 2 is 2.29 bits per heavy atom. The van der Waals surface area contributed by atoms with Gasteiger partial charge in [-0.15, -0.1) is 0 Å². The molecule has 0 aliphatic rings. The quantitative estimate of drug-likeness (QED) is 0.694. The molecule has 0 saturated heterocycles. The van der Waals surface area contributed by atoms with Gasteiger partial charge in [0.1, 0.15) is 12.0 Å². The van der Waals surface area contributed by atoms with Gasteiger partial charge in [-0.2, -0.15) is 4.98 Å². The van der Waals surface area contributed by atoms with Crippen LogP contribution in [0.2, 0.25) is 0 Å². The van der Waals surface area contributed by atoms with E-state index in [1.165, 1.54) is 13.4 Å². The molecule has 0 aromatic carbocycles. The molecular weight excluding hydrogens is 180 g/mol. The zero-order valence-electron chi connectivity index (χ0n) is 8.58. The minimum absolute atomic E-state index is 0.416. The Morgan fingerprint density at radius 1 is 1.50 bits per heavy atom. The summed E-state index contributed by atoms with van der Waals surface area (Å²) in [6.45, 7) is 2.99. The van der Waals surface area contributed by atoms with Gasteiger partial charge in [0.15, 0.2) is 5.82 Å². The van der Waals surface area contributed by atoms with Crippen LogP contribution in [0.25, 0.3) is 0 Å². The van der Waals surface area contributed by atoms with Gasteiger partial charge in [0.25, 0.3) is 0 Å². The number of nitrogens with zero attached hydrogens (tertiary/aromatic N) is 2. The van der Waals surface area contributed by atoms with Gasteiger partial charge in [-0.25, -0.2) is 4.98 Å². The van der Waals surface area contributed by atoms with Crippen molar-refractivity contribution in [3.8, 4) is 5.88 Å². The summed E-state index contributed by atoms with van der Waals surface area (Å²) >= 11 is 0. The van der Waals surface area contributed by atoms with Crippen molar-refractivity contribution in [2.24, 2.45) is 0 Å². The van der Waals surface area contributed by atoms with Gasteiger partial charge in [-0.3, -0.25) is 0 Å². The lowest BCUT2D eigenvalue weighted by molar-refractivity contribution is 0.399. The molecule has 78 valence electrons. The average molecular weight is 196 g/mol. The Hall–Kier alpha value is -1.52. The van der Waals surface area contributed by atoms with Crippen LogP contribution < -0.4 is 15.8 Å². The number of nitrogens with two attached hydrogens (primary N) is 1. The molecule has 0 fully saturated rings. The van der Waals surface area contributed by atoms with Crippen LogP contribution in [0.4, 0.5) is 11.5 Å². The Morgan fingerprint density at radius 3 is 2.93 bits per heavy atom. The molecule has 1 rings (SSSR count). The van der Waals surface area contributed by atoms with Crippen LogP contribution in [-0.2, 0) is 0 Å². The number of hydrogen-bond donors (Lipinski definition) is 2. The molecule has 0 saturated carbocycles. The van der Waals surface area contributed by atoms with Crippen molar-refractivity contribution in [2.45, 2.75) is 19.8 Å². The highest BCUT2D eigenvalue weighted by molar-refractivity contribution is 5.66. The molecule has 0 amide bonds. The monoisotopic (exact) mass is 196 g/mol. The van der Waals surface area contributed by atoms with Crippen molar-refractivity contribution in [3.63, 3.8) is 0 Å². The summed E-state index contributed by atoms with van der Waals surface area (Å²) in [4.78, 5) is 7.92. The zero-order chi connectivity index (χ0) is 10.4. The first kappa shape index (κ1) is 10.6. The lowest BCUT2D eigenvalue weighted by Gasteiger charge is -2.09. The number of anilines is 2. The normalized spacial score (nSPS) is 9.86. The second-order valence-corrected chi connectivity index (χ2v) is 2.93. The maximum Gasteiger partial charge on any atom is 0.242 e. The van der Waals surface area contributed by atoms with Crippen LogP contribution >= 0.6 is 0 Å². The third-order valence-electron chi connectivity index (χ3n) is 1.86. The molecule has 0 spiro atoms. The van der Waals surface area contributed by atoms with Crippen LogP contribution in [0.1, 0.15) is 19.8 Å². The van der Waals surface area contributed by atoms with E-state index in [1.54, 1.807) is 0 Å². The van der Waals surface area contributed by atoms with Gasteiger partial charge in [0.05, 0.1) is 7.11 Å². The predicted molar refractivity (Wildman–Crippen MR) is 56.4 cm³/mol. The van der Waals surface area contributed by atoms with Crippen molar-refractivity contribution < 1.29 is 4.74 Å². The smallest absolute Gasteiger partial charge is 0.242 e. The molecule has 0 unspecified atom stereocenters. The van der Waals surface area contributed by atoms with Crippen molar-refractivity contribution in [2.75, 3.05) is 24.7 Å². The van der Waals surface area contributed by atoms with Crippen LogP contribution in [0.3, 0.4) is 0 Å². The SMILES string of the molecule is CCCCNc1ncnc(OC)c1N. The van der Waals surface area contributed by atoms with Gasteiger partial charge < -0.3 is 15.8 Å². The summed E-state index contributed by atoms with van der Waals surface area (Å²) in [6, 6.07) is 0. The highest BCUT2D eigenvalue weighted by Gasteiger charge is 2.06. The number of nitrogens with one attached hydrogen (secondary N) is 1. The number of methoxy groups -OCH3 is 1.